The first-order valence-corrected chi connectivity index (χ1v) is 7.30. The Morgan fingerprint density at radius 2 is 1.84 bits per heavy atom. The van der Waals surface area contributed by atoms with Crippen molar-refractivity contribution in [2.24, 2.45) is 0 Å². The summed E-state index contributed by atoms with van der Waals surface area (Å²) in [6.45, 7) is 2.73. The molecule has 19 heavy (non-hydrogen) atoms. The second kappa shape index (κ2) is 8.81. The van der Waals surface area contributed by atoms with E-state index in [4.69, 9.17) is 9.47 Å². The van der Waals surface area contributed by atoms with Gasteiger partial charge in [-0.05, 0) is 18.4 Å². The Morgan fingerprint density at radius 1 is 1.21 bits per heavy atom. The van der Waals surface area contributed by atoms with E-state index in [0.717, 1.165) is 29.2 Å². The van der Waals surface area contributed by atoms with Crippen LogP contribution in [0.2, 0.25) is 0 Å². The van der Waals surface area contributed by atoms with Crippen LogP contribution < -0.4 is 4.90 Å². The zero-order chi connectivity index (χ0) is 14.1. The van der Waals surface area contributed by atoms with Crippen LogP contribution in [0.25, 0.3) is 0 Å². The number of methoxy groups -OCH3 is 2. The summed E-state index contributed by atoms with van der Waals surface area (Å²) in [6, 6.07) is 8.23. The number of hydrogen-bond acceptors (Lipinski definition) is 5. The van der Waals surface area contributed by atoms with Crippen LogP contribution in [0.15, 0.2) is 23.1 Å². The molecule has 0 fully saturated rings. The summed E-state index contributed by atoms with van der Waals surface area (Å²) in [6.07, 6.45) is 1.98. The largest absolute Gasteiger partial charge is 0.383 e. The van der Waals surface area contributed by atoms with E-state index in [2.05, 4.69) is 11.0 Å². The minimum Gasteiger partial charge on any atom is -0.383 e. The highest BCUT2D eigenvalue weighted by atomic mass is 32.2. The standard InChI is InChI=1S/C14H20N2O2S/c1-17-9-7-16(8-10-18-2)13-5-4-6-14(19-3)12(13)11-15/h4-6H,7-10H2,1-3H3. The maximum atomic E-state index is 9.38. The van der Waals surface area contributed by atoms with Crippen LogP contribution in [0.3, 0.4) is 0 Å². The van der Waals surface area contributed by atoms with Crippen molar-refractivity contribution in [3.05, 3.63) is 23.8 Å². The summed E-state index contributed by atoms with van der Waals surface area (Å²) < 4.78 is 10.3. The van der Waals surface area contributed by atoms with Gasteiger partial charge in [-0.15, -0.1) is 11.8 Å². The normalized spacial score (nSPS) is 10.2. The predicted octanol–water partition coefficient (Wildman–Crippen LogP) is 2.38. The van der Waals surface area contributed by atoms with E-state index in [1.54, 1.807) is 26.0 Å². The van der Waals surface area contributed by atoms with Crippen LogP contribution in [0.5, 0.6) is 0 Å². The molecule has 0 aromatic heterocycles. The van der Waals surface area contributed by atoms with E-state index >= 15 is 0 Å². The fourth-order valence-electron chi connectivity index (χ4n) is 1.82. The molecule has 1 aromatic carbocycles. The Balaban J connectivity index is 3.03. The first kappa shape index (κ1) is 15.8. The third-order valence-electron chi connectivity index (χ3n) is 2.81. The lowest BCUT2D eigenvalue weighted by Crippen LogP contribution is -2.31. The van der Waals surface area contributed by atoms with E-state index in [0.29, 0.717) is 13.2 Å². The van der Waals surface area contributed by atoms with Gasteiger partial charge in [0.05, 0.1) is 24.5 Å². The molecule has 4 nitrogen and oxygen atoms in total. The zero-order valence-corrected chi connectivity index (χ0v) is 12.5. The molecule has 0 saturated carbocycles. The molecule has 104 valence electrons. The van der Waals surface area contributed by atoms with E-state index < -0.39 is 0 Å². The van der Waals surface area contributed by atoms with Gasteiger partial charge in [-0.2, -0.15) is 5.26 Å². The molecule has 1 aromatic rings. The van der Waals surface area contributed by atoms with Gasteiger partial charge in [0.25, 0.3) is 0 Å². The van der Waals surface area contributed by atoms with Crippen LogP contribution >= 0.6 is 11.8 Å². The summed E-state index contributed by atoms with van der Waals surface area (Å²) in [7, 11) is 3.36. The summed E-state index contributed by atoms with van der Waals surface area (Å²) in [5.41, 5.74) is 1.67. The number of hydrogen-bond donors (Lipinski definition) is 0. The molecule has 0 saturated heterocycles. The van der Waals surface area contributed by atoms with Gasteiger partial charge in [-0.1, -0.05) is 6.07 Å². The van der Waals surface area contributed by atoms with Gasteiger partial charge in [0.1, 0.15) is 6.07 Å². The van der Waals surface area contributed by atoms with Gasteiger partial charge in [-0.3, -0.25) is 0 Å². The lowest BCUT2D eigenvalue weighted by Gasteiger charge is -2.25. The SMILES string of the molecule is COCCN(CCOC)c1cccc(SC)c1C#N. The molecule has 0 aliphatic heterocycles. The monoisotopic (exact) mass is 280 g/mol. The fourth-order valence-corrected chi connectivity index (χ4v) is 2.39. The van der Waals surface area contributed by atoms with Gasteiger partial charge in [0.2, 0.25) is 0 Å². The van der Waals surface area contributed by atoms with Gasteiger partial charge < -0.3 is 14.4 Å². The second-order valence-corrected chi connectivity index (χ2v) is 4.79. The molecule has 5 heteroatoms. The van der Waals surface area contributed by atoms with Crippen molar-refractivity contribution in [3.63, 3.8) is 0 Å². The van der Waals surface area contributed by atoms with Gasteiger partial charge in [0, 0.05) is 32.2 Å². The Morgan fingerprint density at radius 3 is 2.32 bits per heavy atom. The lowest BCUT2D eigenvalue weighted by molar-refractivity contribution is 0.190. The summed E-state index contributed by atoms with van der Waals surface area (Å²) in [4.78, 5) is 3.13. The minimum absolute atomic E-state index is 0.623. The molecule has 0 bridgehead atoms. The van der Waals surface area contributed by atoms with Crippen molar-refractivity contribution in [2.75, 3.05) is 51.7 Å². The molecular weight excluding hydrogens is 260 g/mol. The zero-order valence-electron chi connectivity index (χ0n) is 11.7. The molecule has 0 spiro atoms. The van der Waals surface area contributed by atoms with Gasteiger partial charge in [0.15, 0.2) is 0 Å². The number of nitrogens with zero attached hydrogens (tertiary/aromatic N) is 2. The second-order valence-electron chi connectivity index (χ2n) is 3.94. The van der Waals surface area contributed by atoms with Crippen molar-refractivity contribution in [1.82, 2.24) is 0 Å². The van der Waals surface area contributed by atoms with Crippen LogP contribution in [-0.4, -0.2) is 46.8 Å². The molecule has 0 aliphatic rings. The Bertz CT molecular complexity index is 424. The number of nitriles is 1. The molecule has 0 radical (unpaired) electrons. The predicted molar refractivity (Wildman–Crippen MR) is 78.9 cm³/mol. The van der Waals surface area contributed by atoms with Gasteiger partial charge >= 0.3 is 0 Å². The van der Waals surface area contributed by atoms with Crippen molar-refractivity contribution in [3.8, 4) is 6.07 Å². The molecule has 0 aliphatic carbocycles. The number of ether oxygens (including phenoxy) is 2. The highest BCUT2D eigenvalue weighted by molar-refractivity contribution is 7.98. The van der Waals surface area contributed by atoms with E-state index in [9.17, 15) is 5.26 Å². The average Bonchev–Trinajstić information content (AvgIpc) is 2.46. The Hall–Kier alpha value is -1.22. The highest BCUT2D eigenvalue weighted by Crippen LogP contribution is 2.28. The molecule has 0 unspecified atom stereocenters. The summed E-state index contributed by atoms with van der Waals surface area (Å²) in [5.74, 6) is 0. The summed E-state index contributed by atoms with van der Waals surface area (Å²) in [5, 5.41) is 9.38. The Labute approximate surface area is 119 Å². The fraction of sp³-hybridized carbons (Fsp3) is 0.500. The number of benzene rings is 1. The Kier molecular flexibility index (Phi) is 7.34. The smallest absolute Gasteiger partial charge is 0.103 e. The molecular formula is C14H20N2O2S. The molecule has 1 rings (SSSR count). The number of rotatable bonds is 8. The molecule has 0 amide bonds. The average molecular weight is 280 g/mol. The van der Waals surface area contributed by atoms with E-state index in [-0.39, 0.29) is 0 Å². The summed E-state index contributed by atoms with van der Waals surface area (Å²) >= 11 is 1.59. The maximum Gasteiger partial charge on any atom is 0.103 e. The molecule has 0 atom stereocenters. The van der Waals surface area contributed by atoms with Crippen LogP contribution in [0.1, 0.15) is 5.56 Å². The number of anilines is 1. The highest BCUT2D eigenvalue weighted by Gasteiger charge is 2.13. The number of thioether (sulfide) groups is 1. The molecule has 0 N–H and O–H groups in total. The van der Waals surface area contributed by atoms with Crippen molar-refractivity contribution in [2.45, 2.75) is 4.90 Å². The van der Waals surface area contributed by atoms with Crippen LogP contribution in [0.4, 0.5) is 5.69 Å². The third-order valence-corrected chi connectivity index (χ3v) is 3.59. The quantitative estimate of drug-likeness (QED) is 0.684. The minimum atomic E-state index is 0.623. The van der Waals surface area contributed by atoms with E-state index in [1.165, 1.54) is 0 Å². The first-order valence-electron chi connectivity index (χ1n) is 6.08. The topological polar surface area (TPSA) is 45.5 Å². The first-order chi connectivity index (χ1) is 9.28. The van der Waals surface area contributed by atoms with E-state index in [1.807, 2.05) is 24.5 Å². The maximum absolute atomic E-state index is 9.38. The van der Waals surface area contributed by atoms with Crippen LogP contribution in [0, 0.1) is 11.3 Å². The van der Waals surface area contributed by atoms with Gasteiger partial charge in [-0.25, -0.2) is 0 Å². The molecule has 0 heterocycles. The van der Waals surface area contributed by atoms with Crippen molar-refractivity contribution in [1.29, 1.82) is 5.26 Å². The lowest BCUT2D eigenvalue weighted by atomic mass is 10.1. The van der Waals surface area contributed by atoms with Crippen molar-refractivity contribution >= 4 is 17.4 Å². The van der Waals surface area contributed by atoms with Crippen molar-refractivity contribution < 1.29 is 9.47 Å². The third kappa shape index (κ3) is 4.43. The van der Waals surface area contributed by atoms with Crippen LogP contribution in [-0.2, 0) is 9.47 Å².